The second kappa shape index (κ2) is 23.6. The number of rotatable bonds is 25. The molecular formula is C26H50NO9P. The van der Waals surface area contributed by atoms with E-state index < -0.39 is 32.5 Å². The van der Waals surface area contributed by atoms with E-state index in [0.717, 1.165) is 57.8 Å². The maximum absolute atomic E-state index is 12.2. The van der Waals surface area contributed by atoms with E-state index in [0.29, 0.717) is 19.4 Å². The molecule has 0 aromatic carbocycles. The van der Waals surface area contributed by atoms with Crippen molar-refractivity contribution in [1.29, 1.82) is 0 Å². The second-order valence-corrected chi connectivity index (χ2v) is 10.8. The van der Waals surface area contributed by atoms with Gasteiger partial charge >= 0.3 is 19.8 Å². The first-order chi connectivity index (χ1) is 17.6. The summed E-state index contributed by atoms with van der Waals surface area (Å²) in [5, 5.41) is 2.77. The Morgan fingerprint density at radius 2 is 1.22 bits per heavy atom. The SMILES string of the molecule is CCCCCCCCCCC(=O)O[C@@H](COC(=O)CCCCCCCCCNC(C)=O)COP(=O)(O)O. The van der Waals surface area contributed by atoms with Crippen LogP contribution in [0.5, 0.6) is 0 Å². The molecule has 37 heavy (non-hydrogen) atoms. The lowest BCUT2D eigenvalue weighted by molar-refractivity contribution is -0.161. The molecule has 0 radical (unpaired) electrons. The van der Waals surface area contributed by atoms with Crippen molar-refractivity contribution < 1.29 is 42.7 Å². The highest BCUT2D eigenvalue weighted by atomic mass is 31.2. The number of phosphoric ester groups is 1. The fourth-order valence-electron chi connectivity index (χ4n) is 3.75. The van der Waals surface area contributed by atoms with Gasteiger partial charge in [-0.1, -0.05) is 84.0 Å². The highest BCUT2D eigenvalue weighted by molar-refractivity contribution is 7.46. The summed E-state index contributed by atoms with van der Waals surface area (Å²) in [6.07, 6.45) is 14.7. The molecule has 0 aromatic heterocycles. The minimum atomic E-state index is -4.75. The van der Waals surface area contributed by atoms with E-state index in [1.54, 1.807) is 0 Å². The van der Waals surface area contributed by atoms with Crippen molar-refractivity contribution in [2.45, 2.75) is 129 Å². The van der Waals surface area contributed by atoms with E-state index in [4.69, 9.17) is 19.3 Å². The quantitative estimate of drug-likeness (QED) is 0.0776. The molecule has 0 aliphatic carbocycles. The fraction of sp³-hybridized carbons (Fsp3) is 0.885. The molecular weight excluding hydrogens is 501 g/mol. The topological polar surface area (TPSA) is 148 Å². The number of hydrogen-bond donors (Lipinski definition) is 3. The van der Waals surface area contributed by atoms with Crippen LogP contribution in [0.1, 0.15) is 123 Å². The lowest BCUT2D eigenvalue weighted by Crippen LogP contribution is -2.29. The molecule has 0 heterocycles. The van der Waals surface area contributed by atoms with Crippen molar-refractivity contribution in [2.75, 3.05) is 19.8 Å². The number of carbonyl (C=O) groups is 3. The number of nitrogens with one attached hydrogen (secondary N) is 1. The molecule has 218 valence electrons. The van der Waals surface area contributed by atoms with Gasteiger partial charge in [0.15, 0.2) is 6.10 Å². The standard InChI is InChI=1S/C26H50NO9P/c1-3-4-5-6-7-9-13-16-19-26(30)36-24(22-35-37(31,32)33)21-34-25(29)18-15-12-10-8-11-14-17-20-27-23(2)28/h24H,3-22H2,1-2H3,(H,27,28)(H2,31,32,33)/t24-/m0/s1. The fourth-order valence-corrected chi connectivity index (χ4v) is 4.11. The maximum Gasteiger partial charge on any atom is 0.469 e. The first-order valence-electron chi connectivity index (χ1n) is 13.9. The Morgan fingerprint density at radius 3 is 1.73 bits per heavy atom. The van der Waals surface area contributed by atoms with E-state index in [2.05, 4.69) is 16.8 Å². The van der Waals surface area contributed by atoms with Crippen LogP contribution in [0.3, 0.4) is 0 Å². The van der Waals surface area contributed by atoms with E-state index in [9.17, 15) is 18.9 Å². The molecule has 1 amide bonds. The van der Waals surface area contributed by atoms with Gasteiger partial charge in [-0.3, -0.25) is 18.9 Å². The van der Waals surface area contributed by atoms with Gasteiger partial charge in [-0.05, 0) is 19.3 Å². The normalized spacial score (nSPS) is 12.2. The summed E-state index contributed by atoms with van der Waals surface area (Å²) in [4.78, 5) is 52.9. The number of hydrogen-bond acceptors (Lipinski definition) is 7. The summed E-state index contributed by atoms with van der Waals surface area (Å²) >= 11 is 0. The van der Waals surface area contributed by atoms with Crippen LogP contribution in [0, 0.1) is 0 Å². The number of phosphoric acid groups is 1. The van der Waals surface area contributed by atoms with Gasteiger partial charge < -0.3 is 24.6 Å². The van der Waals surface area contributed by atoms with Crippen LogP contribution < -0.4 is 5.32 Å². The van der Waals surface area contributed by atoms with E-state index in [1.165, 1.54) is 32.6 Å². The summed E-state index contributed by atoms with van der Waals surface area (Å²) in [5.41, 5.74) is 0. The zero-order valence-corrected chi connectivity index (χ0v) is 23.8. The third kappa shape index (κ3) is 27.4. The Bertz CT molecular complexity index is 654. The third-order valence-corrected chi connectivity index (χ3v) is 6.31. The van der Waals surface area contributed by atoms with Crippen LogP contribution in [-0.4, -0.2) is 53.5 Å². The summed E-state index contributed by atoms with van der Waals surface area (Å²) in [6, 6.07) is 0. The van der Waals surface area contributed by atoms with Crippen molar-refractivity contribution in [1.82, 2.24) is 5.32 Å². The van der Waals surface area contributed by atoms with Crippen LogP contribution in [0.2, 0.25) is 0 Å². The van der Waals surface area contributed by atoms with Crippen LogP contribution in [0.25, 0.3) is 0 Å². The molecule has 0 unspecified atom stereocenters. The van der Waals surface area contributed by atoms with Gasteiger partial charge in [0.25, 0.3) is 0 Å². The monoisotopic (exact) mass is 551 g/mol. The average molecular weight is 552 g/mol. The minimum absolute atomic E-state index is 0.00973. The van der Waals surface area contributed by atoms with Crippen LogP contribution >= 0.6 is 7.82 Å². The third-order valence-electron chi connectivity index (χ3n) is 5.82. The Hall–Kier alpha value is -1.48. The van der Waals surface area contributed by atoms with Crippen molar-refractivity contribution in [3.8, 4) is 0 Å². The Kier molecular flexibility index (Phi) is 22.7. The molecule has 0 aromatic rings. The van der Waals surface area contributed by atoms with Crippen LogP contribution in [-0.2, 0) is 32.9 Å². The summed E-state index contributed by atoms with van der Waals surface area (Å²) in [7, 11) is -4.75. The van der Waals surface area contributed by atoms with E-state index in [-0.39, 0.29) is 25.4 Å². The minimum Gasteiger partial charge on any atom is -0.462 e. The summed E-state index contributed by atoms with van der Waals surface area (Å²) in [6.45, 7) is 3.52. The lowest BCUT2D eigenvalue weighted by Gasteiger charge is -2.18. The lowest BCUT2D eigenvalue weighted by atomic mass is 10.1. The average Bonchev–Trinajstić information content (AvgIpc) is 2.82. The van der Waals surface area contributed by atoms with Gasteiger partial charge in [0.1, 0.15) is 6.61 Å². The molecule has 1 atom stereocenters. The molecule has 0 fully saturated rings. The predicted octanol–water partition coefficient (Wildman–Crippen LogP) is 5.34. The van der Waals surface area contributed by atoms with Gasteiger partial charge in [-0.15, -0.1) is 0 Å². The van der Waals surface area contributed by atoms with Crippen LogP contribution in [0.4, 0.5) is 0 Å². The van der Waals surface area contributed by atoms with Crippen molar-refractivity contribution in [3.05, 3.63) is 0 Å². The first-order valence-corrected chi connectivity index (χ1v) is 15.5. The van der Waals surface area contributed by atoms with Gasteiger partial charge in [0.2, 0.25) is 5.91 Å². The van der Waals surface area contributed by atoms with Crippen molar-refractivity contribution >= 4 is 25.7 Å². The number of unbranched alkanes of at least 4 members (excludes halogenated alkanes) is 13. The second-order valence-electron chi connectivity index (χ2n) is 9.51. The van der Waals surface area contributed by atoms with Gasteiger partial charge in [-0.25, -0.2) is 4.57 Å². The Morgan fingerprint density at radius 1 is 0.730 bits per heavy atom. The molecule has 0 saturated carbocycles. The van der Waals surface area contributed by atoms with Crippen molar-refractivity contribution in [3.63, 3.8) is 0 Å². The largest absolute Gasteiger partial charge is 0.469 e. The Labute approximate surface area is 222 Å². The molecule has 11 heteroatoms. The zero-order chi connectivity index (χ0) is 27.8. The molecule has 0 rings (SSSR count). The van der Waals surface area contributed by atoms with Gasteiger partial charge in [0, 0.05) is 26.3 Å². The number of carbonyl (C=O) groups excluding carboxylic acids is 3. The highest BCUT2D eigenvalue weighted by Gasteiger charge is 2.22. The zero-order valence-electron chi connectivity index (χ0n) is 22.9. The van der Waals surface area contributed by atoms with Gasteiger partial charge in [-0.2, -0.15) is 0 Å². The number of esters is 2. The molecule has 0 bridgehead atoms. The maximum atomic E-state index is 12.2. The summed E-state index contributed by atoms with van der Waals surface area (Å²) < 4.78 is 25.9. The Balaban J connectivity index is 4.07. The first kappa shape index (κ1) is 35.5. The van der Waals surface area contributed by atoms with Crippen LogP contribution in [0.15, 0.2) is 0 Å². The van der Waals surface area contributed by atoms with E-state index >= 15 is 0 Å². The molecule has 0 spiro atoms. The number of amides is 1. The molecule has 0 aliphatic heterocycles. The molecule has 10 nitrogen and oxygen atoms in total. The van der Waals surface area contributed by atoms with Crippen molar-refractivity contribution in [2.24, 2.45) is 0 Å². The molecule has 0 saturated heterocycles. The summed E-state index contributed by atoms with van der Waals surface area (Å²) in [5.74, 6) is -0.960. The van der Waals surface area contributed by atoms with E-state index in [1.807, 2.05) is 0 Å². The number of ether oxygens (including phenoxy) is 2. The highest BCUT2D eigenvalue weighted by Crippen LogP contribution is 2.35. The molecule has 3 N–H and O–H groups in total. The smallest absolute Gasteiger partial charge is 0.462 e. The molecule has 0 aliphatic rings. The predicted molar refractivity (Wildman–Crippen MR) is 142 cm³/mol. The van der Waals surface area contributed by atoms with Gasteiger partial charge in [0.05, 0.1) is 6.61 Å².